The van der Waals surface area contributed by atoms with Crippen LogP contribution < -0.4 is 0 Å². The monoisotopic (exact) mass is 290 g/mol. The molecule has 0 atom stereocenters. The second kappa shape index (κ2) is 6.19. The van der Waals surface area contributed by atoms with E-state index in [9.17, 15) is 13.2 Å². The normalized spacial score (nSPS) is 24.4. The summed E-state index contributed by atoms with van der Waals surface area (Å²) in [6.07, 6.45) is 4.44. The van der Waals surface area contributed by atoms with Crippen molar-refractivity contribution in [2.75, 3.05) is 26.2 Å². The van der Waals surface area contributed by atoms with Crippen molar-refractivity contribution < 1.29 is 18.3 Å². The highest BCUT2D eigenvalue weighted by molar-refractivity contribution is 7.86. The van der Waals surface area contributed by atoms with E-state index in [-0.39, 0.29) is 12.3 Å². The molecular weight excluding hydrogens is 268 g/mol. The molecule has 0 aromatic carbocycles. The van der Waals surface area contributed by atoms with E-state index >= 15 is 0 Å². The summed E-state index contributed by atoms with van der Waals surface area (Å²) in [5.74, 6) is -0.678. The van der Waals surface area contributed by atoms with Gasteiger partial charge in [0.25, 0.3) is 10.2 Å². The Kier molecular flexibility index (Phi) is 4.81. The van der Waals surface area contributed by atoms with Crippen LogP contribution in [-0.2, 0) is 15.0 Å². The molecule has 0 spiro atoms. The molecule has 0 bridgehead atoms. The second-order valence-electron chi connectivity index (χ2n) is 5.41. The van der Waals surface area contributed by atoms with E-state index in [2.05, 4.69) is 0 Å². The molecule has 0 radical (unpaired) electrons. The molecule has 2 aliphatic heterocycles. The first kappa shape index (κ1) is 14.7. The molecule has 19 heavy (non-hydrogen) atoms. The van der Waals surface area contributed by atoms with Crippen LogP contribution in [0.2, 0.25) is 0 Å². The van der Waals surface area contributed by atoms with Gasteiger partial charge in [-0.25, -0.2) is 0 Å². The van der Waals surface area contributed by atoms with Crippen molar-refractivity contribution in [2.45, 2.75) is 38.5 Å². The Balaban J connectivity index is 1.90. The van der Waals surface area contributed by atoms with Gasteiger partial charge >= 0.3 is 5.97 Å². The Bertz CT molecular complexity index is 409. The Morgan fingerprint density at radius 3 is 2.05 bits per heavy atom. The van der Waals surface area contributed by atoms with Gasteiger partial charge in [-0.1, -0.05) is 6.42 Å². The summed E-state index contributed by atoms with van der Waals surface area (Å²) in [4.78, 5) is 10.7. The van der Waals surface area contributed by atoms with Crippen molar-refractivity contribution in [2.24, 2.45) is 5.92 Å². The number of nitrogens with zero attached hydrogens (tertiary/aromatic N) is 2. The molecule has 0 aromatic heterocycles. The number of hydrogen-bond donors (Lipinski definition) is 1. The minimum atomic E-state index is -3.32. The average molecular weight is 290 g/mol. The summed E-state index contributed by atoms with van der Waals surface area (Å²) in [7, 11) is -3.32. The van der Waals surface area contributed by atoms with Gasteiger partial charge in [-0.15, -0.1) is 0 Å². The van der Waals surface area contributed by atoms with Crippen molar-refractivity contribution in [3.8, 4) is 0 Å². The SMILES string of the molecule is O=C(O)CC1CCN(S(=O)(=O)N2CCCCC2)CC1. The van der Waals surface area contributed by atoms with Crippen LogP contribution in [0.5, 0.6) is 0 Å². The van der Waals surface area contributed by atoms with Crippen molar-refractivity contribution in [3.63, 3.8) is 0 Å². The van der Waals surface area contributed by atoms with Crippen LogP contribution in [0.3, 0.4) is 0 Å². The minimum Gasteiger partial charge on any atom is -0.481 e. The van der Waals surface area contributed by atoms with E-state index in [4.69, 9.17) is 5.11 Å². The third kappa shape index (κ3) is 3.67. The van der Waals surface area contributed by atoms with E-state index in [1.54, 1.807) is 4.31 Å². The number of hydrogen-bond acceptors (Lipinski definition) is 3. The molecule has 2 heterocycles. The van der Waals surface area contributed by atoms with Crippen LogP contribution >= 0.6 is 0 Å². The van der Waals surface area contributed by atoms with Crippen LogP contribution in [0.25, 0.3) is 0 Å². The summed E-state index contributed by atoms with van der Waals surface area (Å²) in [6, 6.07) is 0. The Morgan fingerprint density at radius 1 is 1.00 bits per heavy atom. The van der Waals surface area contributed by atoms with Crippen LogP contribution in [0.4, 0.5) is 0 Å². The van der Waals surface area contributed by atoms with Crippen LogP contribution in [-0.4, -0.2) is 54.3 Å². The lowest BCUT2D eigenvalue weighted by Crippen LogP contribution is -2.48. The molecule has 0 unspecified atom stereocenters. The van der Waals surface area contributed by atoms with Gasteiger partial charge in [-0.3, -0.25) is 4.79 Å². The fourth-order valence-corrected chi connectivity index (χ4v) is 4.57. The lowest BCUT2D eigenvalue weighted by molar-refractivity contribution is -0.138. The van der Waals surface area contributed by atoms with Crippen molar-refractivity contribution in [1.29, 1.82) is 0 Å². The number of carbonyl (C=O) groups is 1. The predicted molar refractivity (Wildman–Crippen MR) is 70.9 cm³/mol. The molecule has 110 valence electrons. The maximum absolute atomic E-state index is 12.4. The number of carboxylic acid groups (broad SMARTS) is 1. The highest BCUT2D eigenvalue weighted by Crippen LogP contribution is 2.25. The highest BCUT2D eigenvalue weighted by Gasteiger charge is 2.33. The maximum atomic E-state index is 12.4. The van der Waals surface area contributed by atoms with Crippen LogP contribution in [0.15, 0.2) is 0 Å². The van der Waals surface area contributed by atoms with E-state index in [1.165, 1.54) is 4.31 Å². The minimum absolute atomic E-state index is 0.116. The first-order valence-corrected chi connectivity index (χ1v) is 8.37. The molecular formula is C12H22N2O4S. The Labute approximate surface area is 114 Å². The van der Waals surface area contributed by atoms with Crippen molar-refractivity contribution in [3.05, 3.63) is 0 Å². The van der Waals surface area contributed by atoms with Crippen molar-refractivity contribution in [1.82, 2.24) is 8.61 Å². The molecule has 0 aromatic rings. The molecule has 6 nitrogen and oxygen atoms in total. The van der Waals surface area contributed by atoms with E-state index in [0.29, 0.717) is 39.0 Å². The quantitative estimate of drug-likeness (QED) is 0.834. The maximum Gasteiger partial charge on any atom is 0.303 e. The zero-order chi connectivity index (χ0) is 13.9. The predicted octanol–water partition coefficient (Wildman–Crippen LogP) is 0.904. The first-order chi connectivity index (χ1) is 9.00. The zero-order valence-corrected chi connectivity index (χ0v) is 11.9. The molecule has 2 aliphatic rings. The van der Waals surface area contributed by atoms with E-state index in [0.717, 1.165) is 19.3 Å². The Morgan fingerprint density at radius 2 is 1.53 bits per heavy atom. The highest BCUT2D eigenvalue weighted by atomic mass is 32.2. The fraction of sp³-hybridized carbons (Fsp3) is 0.917. The molecule has 0 amide bonds. The molecule has 2 rings (SSSR count). The van der Waals surface area contributed by atoms with Crippen molar-refractivity contribution >= 4 is 16.2 Å². The number of piperidine rings is 2. The Hall–Kier alpha value is -0.660. The molecule has 2 saturated heterocycles. The van der Waals surface area contributed by atoms with E-state index < -0.39 is 16.2 Å². The second-order valence-corrected chi connectivity index (χ2v) is 7.34. The number of rotatable bonds is 4. The van der Waals surface area contributed by atoms with Gasteiger partial charge in [0.05, 0.1) is 0 Å². The summed E-state index contributed by atoms with van der Waals surface area (Å²) in [6.45, 7) is 2.16. The standard InChI is InChI=1S/C12H22N2O4S/c15-12(16)10-11-4-8-14(9-5-11)19(17,18)13-6-2-1-3-7-13/h11H,1-10H2,(H,15,16). The van der Waals surface area contributed by atoms with Gasteiger partial charge in [-0.2, -0.15) is 17.0 Å². The van der Waals surface area contributed by atoms with Gasteiger partial charge in [0.2, 0.25) is 0 Å². The van der Waals surface area contributed by atoms with Crippen LogP contribution in [0, 0.1) is 5.92 Å². The first-order valence-electron chi connectivity index (χ1n) is 6.97. The van der Waals surface area contributed by atoms with Gasteiger partial charge in [0, 0.05) is 32.6 Å². The largest absolute Gasteiger partial charge is 0.481 e. The molecule has 2 fully saturated rings. The topological polar surface area (TPSA) is 77.9 Å². The summed E-state index contributed by atoms with van der Waals surface area (Å²) in [5.41, 5.74) is 0. The fourth-order valence-electron chi connectivity index (χ4n) is 2.85. The molecule has 0 saturated carbocycles. The summed E-state index contributed by atoms with van der Waals surface area (Å²) in [5, 5.41) is 8.76. The molecule has 0 aliphatic carbocycles. The van der Waals surface area contributed by atoms with Crippen LogP contribution in [0.1, 0.15) is 38.5 Å². The van der Waals surface area contributed by atoms with Gasteiger partial charge in [0.1, 0.15) is 0 Å². The smallest absolute Gasteiger partial charge is 0.303 e. The molecule has 1 N–H and O–H groups in total. The number of aliphatic carboxylic acids is 1. The van der Waals surface area contributed by atoms with Gasteiger partial charge in [0.15, 0.2) is 0 Å². The molecule has 7 heteroatoms. The zero-order valence-electron chi connectivity index (χ0n) is 11.1. The average Bonchev–Trinajstić information content (AvgIpc) is 2.40. The van der Waals surface area contributed by atoms with Gasteiger partial charge in [-0.05, 0) is 31.6 Å². The van der Waals surface area contributed by atoms with E-state index in [1.807, 2.05) is 0 Å². The lowest BCUT2D eigenvalue weighted by Gasteiger charge is -2.35. The third-order valence-electron chi connectivity index (χ3n) is 4.00. The number of carboxylic acids is 1. The summed E-state index contributed by atoms with van der Waals surface area (Å²) < 4.78 is 27.9. The lowest BCUT2D eigenvalue weighted by atomic mass is 9.95. The van der Waals surface area contributed by atoms with Gasteiger partial charge < -0.3 is 5.11 Å². The third-order valence-corrected chi connectivity index (χ3v) is 6.04. The summed E-state index contributed by atoms with van der Waals surface area (Å²) >= 11 is 0.